The summed E-state index contributed by atoms with van der Waals surface area (Å²) < 4.78 is 0.185. The molecule has 0 saturated carbocycles. The molecule has 7 nitrogen and oxygen atoms in total. The second-order valence-electron chi connectivity index (χ2n) is 12.0. The van der Waals surface area contributed by atoms with E-state index in [-0.39, 0.29) is 24.1 Å². The van der Waals surface area contributed by atoms with Crippen LogP contribution in [0.25, 0.3) is 0 Å². The molecular formula is C32H59NO6. The van der Waals surface area contributed by atoms with Crippen LogP contribution in [-0.4, -0.2) is 58.8 Å². The molecule has 39 heavy (non-hydrogen) atoms. The third-order valence-corrected chi connectivity index (χ3v) is 7.87. The third kappa shape index (κ3) is 19.8. The number of hydrogen-bond acceptors (Lipinski definition) is 4. The zero-order valence-electron chi connectivity index (χ0n) is 25.5. The SMILES string of the molecule is CCCCCC/C=C/CCCCCCCCCCCC[N+](CC(C)C(=O)[O-])(CC(C)C(=O)O)CC(C)C(=O)O. The minimum Gasteiger partial charge on any atom is -0.550 e. The number of rotatable bonds is 27. The Kier molecular flexibility index (Phi) is 21.8. The molecule has 0 radical (unpaired) electrons. The number of nitrogens with zero attached hydrogens (tertiary/aromatic N) is 1. The van der Waals surface area contributed by atoms with Crippen molar-refractivity contribution in [3.05, 3.63) is 12.2 Å². The van der Waals surface area contributed by atoms with E-state index < -0.39 is 35.7 Å². The molecule has 0 rings (SSSR count). The molecule has 0 saturated heterocycles. The van der Waals surface area contributed by atoms with Crippen molar-refractivity contribution in [3.8, 4) is 0 Å². The summed E-state index contributed by atoms with van der Waals surface area (Å²) >= 11 is 0. The van der Waals surface area contributed by atoms with Crippen LogP contribution in [0, 0.1) is 17.8 Å². The van der Waals surface area contributed by atoms with Crippen LogP contribution in [0.2, 0.25) is 0 Å². The van der Waals surface area contributed by atoms with E-state index >= 15 is 0 Å². The Labute approximate surface area is 238 Å². The molecule has 2 N–H and O–H groups in total. The second kappa shape index (κ2) is 22.9. The van der Waals surface area contributed by atoms with Crippen molar-refractivity contribution in [1.82, 2.24) is 0 Å². The first-order chi connectivity index (χ1) is 18.5. The summed E-state index contributed by atoms with van der Waals surface area (Å²) in [5.74, 6) is -5.24. The molecule has 0 heterocycles. The van der Waals surface area contributed by atoms with Crippen LogP contribution in [0.5, 0.6) is 0 Å². The zero-order chi connectivity index (χ0) is 29.5. The Hall–Kier alpha value is -1.89. The van der Waals surface area contributed by atoms with Crippen LogP contribution in [0.3, 0.4) is 0 Å². The van der Waals surface area contributed by atoms with E-state index in [1.165, 1.54) is 77.0 Å². The molecule has 0 aromatic carbocycles. The molecule has 0 spiro atoms. The number of quaternary nitrogens is 1. The maximum atomic E-state index is 11.6. The van der Waals surface area contributed by atoms with Gasteiger partial charge in [0.25, 0.3) is 0 Å². The number of allylic oxidation sites excluding steroid dienone is 2. The average Bonchev–Trinajstić information content (AvgIpc) is 2.87. The minimum absolute atomic E-state index is 0.185. The topological polar surface area (TPSA) is 115 Å². The maximum Gasteiger partial charge on any atom is 0.311 e. The summed E-state index contributed by atoms with van der Waals surface area (Å²) in [5.41, 5.74) is 0. The first kappa shape index (κ1) is 37.1. The van der Waals surface area contributed by atoms with Gasteiger partial charge in [-0.25, -0.2) is 0 Å². The molecule has 0 aliphatic rings. The van der Waals surface area contributed by atoms with E-state index in [1.54, 1.807) is 20.8 Å². The molecule has 3 unspecified atom stereocenters. The average molecular weight is 554 g/mol. The highest BCUT2D eigenvalue weighted by Crippen LogP contribution is 2.22. The molecule has 0 fully saturated rings. The van der Waals surface area contributed by atoms with Crippen molar-refractivity contribution < 1.29 is 34.2 Å². The van der Waals surface area contributed by atoms with E-state index in [0.717, 1.165) is 25.7 Å². The Morgan fingerprint density at radius 2 is 0.974 bits per heavy atom. The first-order valence-electron chi connectivity index (χ1n) is 15.7. The Balaban J connectivity index is 4.37. The Morgan fingerprint density at radius 3 is 1.36 bits per heavy atom. The number of carboxylic acids is 3. The molecule has 0 amide bonds. The van der Waals surface area contributed by atoms with Gasteiger partial charge in [-0.05, 0) is 52.4 Å². The number of carbonyl (C=O) groups is 3. The lowest BCUT2D eigenvalue weighted by Gasteiger charge is -2.43. The van der Waals surface area contributed by atoms with Gasteiger partial charge in [0, 0.05) is 11.9 Å². The molecule has 0 aliphatic carbocycles. The molecule has 0 bridgehead atoms. The van der Waals surface area contributed by atoms with Crippen molar-refractivity contribution in [2.45, 2.75) is 130 Å². The third-order valence-electron chi connectivity index (χ3n) is 7.87. The summed E-state index contributed by atoms with van der Waals surface area (Å²) in [7, 11) is 0. The zero-order valence-corrected chi connectivity index (χ0v) is 25.5. The summed E-state index contributed by atoms with van der Waals surface area (Å²) in [6.07, 6.45) is 24.1. The number of carboxylic acid groups (broad SMARTS) is 3. The van der Waals surface area contributed by atoms with Gasteiger partial charge in [-0.3, -0.25) is 9.59 Å². The Morgan fingerprint density at radius 1 is 0.615 bits per heavy atom. The molecule has 0 aromatic rings. The van der Waals surface area contributed by atoms with Crippen LogP contribution in [-0.2, 0) is 14.4 Å². The van der Waals surface area contributed by atoms with Crippen LogP contribution >= 0.6 is 0 Å². The standard InChI is InChI=1S/C32H59NO6/c1-5-6-7-8-9-10-11-12-13-14-15-16-17-18-19-20-21-22-23-33(24-27(2)30(34)35,25-28(3)31(36)37)26-29(4)32(38)39/h10-11,27-29H,5-9,12-26H2,1-4H3,(H2-,34,35,36,37,38,39)/b11-10+. The normalized spacial score (nSPS) is 15.6. The fourth-order valence-corrected chi connectivity index (χ4v) is 5.52. The van der Waals surface area contributed by atoms with Gasteiger partial charge < -0.3 is 24.6 Å². The molecule has 0 aliphatic heterocycles. The van der Waals surface area contributed by atoms with Gasteiger partial charge in [-0.2, -0.15) is 0 Å². The van der Waals surface area contributed by atoms with Gasteiger partial charge in [0.15, 0.2) is 0 Å². The fourth-order valence-electron chi connectivity index (χ4n) is 5.52. The van der Waals surface area contributed by atoms with Crippen molar-refractivity contribution >= 4 is 17.9 Å². The molecule has 7 heteroatoms. The van der Waals surface area contributed by atoms with Crippen LogP contribution < -0.4 is 5.11 Å². The van der Waals surface area contributed by atoms with E-state index in [9.17, 15) is 29.7 Å². The summed E-state index contributed by atoms with van der Waals surface area (Å²) in [4.78, 5) is 34.7. The lowest BCUT2D eigenvalue weighted by molar-refractivity contribution is -0.934. The van der Waals surface area contributed by atoms with Gasteiger partial charge >= 0.3 is 11.9 Å². The number of unbranched alkanes of at least 4 members (excludes halogenated alkanes) is 14. The first-order valence-corrected chi connectivity index (χ1v) is 15.7. The summed E-state index contributed by atoms with van der Waals surface area (Å²) in [6, 6.07) is 0. The molecule has 0 aromatic heterocycles. The van der Waals surface area contributed by atoms with E-state index in [4.69, 9.17) is 0 Å². The Bertz CT molecular complexity index is 637. The van der Waals surface area contributed by atoms with Gasteiger partial charge in [-0.1, -0.05) is 90.2 Å². The highest BCUT2D eigenvalue weighted by Gasteiger charge is 2.36. The largest absolute Gasteiger partial charge is 0.550 e. The maximum absolute atomic E-state index is 11.6. The molecule has 3 atom stereocenters. The molecular weight excluding hydrogens is 494 g/mol. The smallest absolute Gasteiger partial charge is 0.311 e. The number of carbonyl (C=O) groups excluding carboxylic acids is 1. The number of hydrogen-bond donors (Lipinski definition) is 2. The summed E-state index contributed by atoms with van der Waals surface area (Å²) in [5, 5.41) is 30.5. The van der Waals surface area contributed by atoms with Gasteiger partial charge in [0.1, 0.15) is 11.8 Å². The van der Waals surface area contributed by atoms with Gasteiger partial charge in [-0.15, -0.1) is 0 Å². The monoisotopic (exact) mass is 553 g/mol. The predicted octanol–water partition coefficient (Wildman–Crippen LogP) is 6.45. The van der Waals surface area contributed by atoms with E-state index in [1.807, 2.05) is 0 Å². The van der Waals surface area contributed by atoms with Crippen molar-refractivity contribution in [3.63, 3.8) is 0 Å². The van der Waals surface area contributed by atoms with Crippen molar-refractivity contribution in [1.29, 1.82) is 0 Å². The molecule has 228 valence electrons. The van der Waals surface area contributed by atoms with Crippen LogP contribution in [0.15, 0.2) is 12.2 Å². The van der Waals surface area contributed by atoms with E-state index in [2.05, 4.69) is 19.1 Å². The van der Waals surface area contributed by atoms with Crippen LogP contribution in [0.4, 0.5) is 0 Å². The minimum atomic E-state index is -1.18. The highest BCUT2D eigenvalue weighted by molar-refractivity contribution is 5.70. The van der Waals surface area contributed by atoms with Gasteiger partial charge in [0.05, 0.1) is 26.2 Å². The second-order valence-corrected chi connectivity index (χ2v) is 12.0. The quantitative estimate of drug-likeness (QED) is 0.0686. The lowest BCUT2D eigenvalue weighted by atomic mass is 10.00. The fraction of sp³-hybridized carbons (Fsp3) is 0.844. The number of aliphatic carboxylic acids is 3. The lowest BCUT2D eigenvalue weighted by Crippen LogP contribution is -2.58. The van der Waals surface area contributed by atoms with Crippen molar-refractivity contribution in [2.24, 2.45) is 17.8 Å². The highest BCUT2D eigenvalue weighted by atomic mass is 16.4. The van der Waals surface area contributed by atoms with Crippen molar-refractivity contribution in [2.75, 3.05) is 26.2 Å². The van der Waals surface area contributed by atoms with E-state index in [0.29, 0.717) is 6.54 Å². The predicted molar refractivity (Wildman–Crippen MR) is 156 cm³/mol. The van der Waals surface area contributed by atoms with Crippen LogP contribution in [0.1, 0.15) is 130 Å². The van der Waals surface area contributed by atoms with Gasteiger partial charge in [0.2, 0.25) is 0 Å². The summed E-state index contributed by atoms with van der Waals surface area (Å²) in [6.45, 7) is 8.24.